The van der Waals surface area contributed by atoms with Crippen molar-refractivity contribution >= 4 is 66.4 Å². The Morgan fingerprint density at radius 1 is 1.32 bits per heavy atom. The van der Waals surface area contributed by atoms with E-state index in [1.54, 1.807) is 18.2 Å². The summed E-state index contributed by atoms with van der Waals surface area (Å²) in [6.45, 7) is 0. The number of halogens is 3. The Balaban J connectivity index is 2.29. The predicted molar refractivity (Wildman–Crippen MR) is 86.7 cm³/mol. The van der Waals surface area contributed by atoms with Gasteiger partial charge in [-0.1, -0.05) is 11.6 Å². The molecule has 0 aliphatic heterocycles. The van der Waals surface area contributed by atoms with Gasteiger partial charge in [0.1, 0.15) is 6.04 Å². The van der Waals surface area contributed by atoms with Gasteiger partial charge in [0.2, 0.25) is 5.91 Å². The molecule has 0 spiro atoms. The monoisotopic (exact) mass is 422 g/mol. The maximum atomic E-state index is 11.6. The van der Waals surface area contributed by atoms with Crippen molar-refractivity contribution in [1.82, 2.24) is 0 Å². The molecule has 0 aliphatic rings. The highest BCUT2D eigenvalue weighted by Gasteiger charge is 2.21. The van der Waals surface area contributed by atoms with Crippen molar-refractivity contribution in [3.63, 3.8) is 0 Å². The lowest BCUT2D eigenvalue weighted by Crippen LogP contribution is -2.27. The number of hydrogen-bond acceptors (Lipinski definition) is 3. The standard InChI is InChI=1S/C12H9Br2ClN2OS/c13-8-3-6(1-2-10(8)15)17-11(12(16)18)7-4-19-5-9(7)14/h1-5,11,17H,(H2,16,18). The molecule has 7 heteroatoms. The molecule has 1 aromatic heterocycles. The van der Waals surface area contributed by atoms with Crippen LogP contribution in [0, 0.1) is 0 Å². The summed E-state index contributed by atoms with van der Waals surface area (Å²) in [5.41, 5.74) is 7.04. The van der Waals surface area contributed by atoms with Crippen LogP contribution in [-0.2, 0) is 4.79 Å². The van der Waals surface area contributed by atoms with Gasteiger partial charge in [-0.25, -0.2) is 0 Å². The third-order valence-electron chi connectivity index (χ3n) is 2.47. The number of carbonyl (C=O) groups excluding carboxylic acids is 1. The van der Waals surface area contributed by atoms with Gasteiger partial charge in [0, 0.05) is 25.6 Å². The van der Waals surface area contributed by atoms with Crippen molar-refractivity contribution in [2.45, 2.75) is 6.04 Å². The van der Waals surface area contributed by atoms with Crippen molar-refractivity contribution in [1.29, 1.82) is 0 Å². The minimum absolute atomic E-state index is 0.440. The molecule has 100 valence electrons. The Kier molecular flexibility index (Phi) is 4.89. The highest BCUT2D eigenvalue weighted by Crippen LogP contribution is 2.31. The maximum absolute atomic E-state index is 11.6. The first-order valence-electron chi connectivity index (χ1n) is 5.21. The number of carbonyl (C=O) groups is 1. The highest BCUT2D eigenvalue weighted by atomic mass is 79.9. The van der Waals surface area contributed by atoms with Gasteiger partial charge in [-0.3, -0.25) is 4.79 Å². The van der Waals surface area contributed by atoms with Crippen molar-refractivity contribution < 1.29 is 4.79 Å². The first-order chi connectivity index (χ1) is 8.99. The Morgan fingerprint density at radius 3 is 2.58 bits per heavy atom. The minimum atomic E-state index is -0.589. The molecule has 0 saturated carbocycles. The van der Waals surface area contributed by atoms with E-state index in [-0.39, 0.29) is 0 Å². The van der Waals surface area contributed by atoms with Crippen LogP contribution in [0.25, 0.3) is 0 Å². The Hall–Kier alpha value is -0.560. The summed E-state index contributed by atoms with van der Waals surface area (Å²) < 4.78 is 1.62. The van der Waals surface area contributed by atoms with Crippen LogP contribution in [0.3, 0.4) is 0 Å². The second-order valence-electron chi connectivity index (χ2n) is 3.78. The molecule has 0 aliphatic carbocycles. The van der Waals surface area contributed by atoms with Crippen LogP contribution in [0.1, 0.15) is 11.6 Å². The molecule has 3 nitrogen and oxygen atoms in total. The van der Waals surface area contributed by atoms with Gasteiger partial charge < -0.3 is 11.1 Å². The quantitative estimate of drug-likeness (QED) is 0.756. The average molecular weight is 425 g/mol. The molecule has 1 aromatic carbocycles. The Bertz CT molecular complexity index is 618. The number of rotatable bonds is 4. The molecule has 1 amide bonds. The third-order valence-corrected chi connectivity index (χ3v) is 5.43. The fourth-order valence-electron chi connectivity index (χ4n) is 1.55. The number of thiophene rings is 1. The predicted octanol–water partition coefficient (Wildman–Crippen LogP) is 4.57. The summed E-state index contributed by atoms with van der Waals surface area (Å²) in [5.74, 6) is -0.440. The number of nitrogens with one attached hydrogen (secondary N) is 1. The number of primary amides is 1. The zero-order chi connectivity index (χ0) is 14.0. The largest absolute Gasteiger partial charge is 0.370 e. The lowest BCUT2D eigenvalue weighted by atomic mass is 10.1. The van der Waals surface area contributed by atoms with Crippen molar-refractivity contribution in [3.8, 4) is 0 Å². The number of benzene rings is 1. The topological polar surface area (TPSA) is 55.1 Å². The molecule has 1 unspecified atom stereocenters. The summed E-state index contributed by atoms with van der Waals surface area (Å²) in [7, 11) is 0. The van der Waals surface area contributed by atoms with E-state index >= 15 is 0 Å². The number of nitrogens with two attached hydrogens (primary N) is 1. The zero-order valence-electron chi connectivity index (χ0n) is 9.49. The fraction of sp³-hybridized carbons (Fsp3) is 0.0833. The number of anilines is 1. The first kappa shape index (κ1) is 14.8. The average Bonchev–Trinajstić information content (AvgIpc) is 2.76. The third kappa shape index (κ3) is 3.51. The summed E-state index contributed by atoms with van der Waals surface area (Å²) >= 11 is 14.2. The van der Waals surface area contributed by atoms with Gasteiger partial charge in [0.25, 0.3) is 0 Å². The van der Waals surface area contributed by atoms with Crippen molar-refractivity contribution in [3.05, 3.63) is 48.5 Å². The smallest absolute Gasteiger partial charge is 0.244 e. The zero-order valence-corrected chi connectivity index (χ0v) is 14.2. The van der Waals surface area contributed by atoms with Gasteiger partial charge >= 0.3 is 0 Å². The molecule has 0 saturated heterocycles. The Morgan fingerprint density at radius 2 is 2.05 bits per heavy atom. The molecule has 19 heavy (non-hydrogen) atoms. The van der Waals surface area contributed by atoms with E-state index in [0.29, 0.717) is 5.02 Å². The molecule has 0 bridgehead atoms. The lowest BCUT2D eigenvalue weighted by Gasteiger charge is -2.17. The van der Waals surface area contributed by atoms with Crippen LogP contribution in [-0.4, -0.2) is 5.91 Å². The van der Waals surface area contributed by atoms with E-state index in [1.165, 1.54) is 11.3 Å². The fourth-order valence-corrected chi connectivity index (χ4v) is 3.60. The van der Waals surface area contributed by atoms with Crippen LogP contribution in [0.2, 0.25) is 5.02 Å². The van der Waals surface area contributed by atoms with E-state index in [4.69, 9.17) is 17.3 Å². The lowest BCUT2D eigenvalue weighted by molar-refractivity contribution is -0.118. The van der Waals surface area contributed by atoms with E-state index < -0.39 is 11.9 Å². The molecule has 3 N–H and O–H groups in total. The van der Waals surface area contributed by atoms with Gasteiger partial charge in [-0.15, -0.1) is 0 Å². The number of amides is 1. The van der Waals surface area contributed by atoms with E-state index in [0.717, 1.165) is 20.2 Å². The molecule has 2 rings (SSSR count). The van der Waals surface area contributed by atoms with Crippen LogP contribution in [0.5, 0.6) is 0 Å². The molecular formula is C12H9Br2ClN2OS. The van der Waals surface area contributed by atoms with Crippen LogP contribution >= 0.6 is 54.8 Å². The van der Waals surface area contributed by atoms with E-state index in [1.807, 2.05) is 10.8 Å². The second-order valence-corrected chi connectivity index (χ2v) is 6.64. The summed E-state index contributed by atoms with van der Waals surface area (Å²) in [6.07, 6.45) is 0. The summed E-state index contributed by atoms with van der Waals surface area (Å²) in [6, 6.07) is 4.75. The van der Waals surface area contributed by atoms with Crippen LogP contribution in [0.4, 0.5) is 5.69 Å². The molecular weight excluding hydrogens is 415 g/mol. The number of hydrogen-bond donors (Lipinski definition) is 2. The van der Waals surface area contributed by atoms with Crippen LogP contribution in [0.15, 0.2) is 37.9 Å². The van der Waals surface area contributed by atoms with E-state index in [9.17, 15) is 4.79 Å². The molecule has 1 atom stereocenters. The summed E-state index contributed by atoms with van der Waals surface area (Å²) in [4.78, 5) is 11.6. The van der Waals surface area contributed by atoms with Crippen molar-refractivity contribution in [2.75, 3.05) is 5.32 Å². The van der Waals surface area contributed by atoms with Crippen molar-refractivity contribution in [2.24, 2.45) is 5.73 Å². The second kappa shape index (κ2) is 6.26. The maximum Gasteiger partial charge on any atom is 0.244 e. The Labute approximate surface area is 136 Å². The van der Waals surface area contributed by atoms with Gasteiger partial charge in [-0.05, 0) is 55.4 Å². The highest BCUT2D eigenvalue weighted by molar-refractivity contribution is 9.10. The van der Waals surface area contributed by atoms with E-state index in [2.05, 4.69) is 37.2 Å². The molecule has 0 radical (unpaired) electrons. The molecule has 0 fully saturated rings. The van der Waals surface area contributed by atoms with Gasteiger partial charge in [0.15, 0.2) is 0 Å². The van der Waals surface area contributed by atoms with Gasteiger partial charge in [0.05, 0.1) is 5.02 Å². The SMILES string of the molecule is NC(=O)C(Nc1ccc(Cl)c(Br)c1)c1cscc1Br. The van der Waals surface area contributed by atoms with Gasteiger partial charge in [-0.2, -0.15) is 11.3 Å². The molecule has 1 heterocycles. The first-order valence-corrected chi connectivity index (χ1v) is 8.12. The molecule has 2 aromatic rings. The summed E-state index contributed by atoms with van der Waals surface area (Å²) in [5, 5.41) is 7.51. The minimum Gasteiger partial charge on any atom is -0.370 e. The van der Waals surface area contributed by atoms with Crippen LogP contribution < -0.4 is 11.1 Å². The normalized spacial score (nSPS) is 12.2.